The van der Waals surface area contributed by atoms with Crippen molar-refractivity contribution >= 4 is 27.3 Å². The molecule has 2 N–H and O–H groups in total. The zero-order valence-electron chi connectivity index (χ0n) is 18.0. The maximum absolute atomic E-state index is 12.7. The Labute approximate surface area is 199 Å². The Bertz CT molecular complexity index is 1370. The minimum absolute atomic E-state index is 0.0710. The van der Waals surface area contributed by atoms with E-state index in [0.29, 0.717) is 10.8 Å². The quantitative estimate of drug-likeness (QED) is 0.340. The summed E-state index contributed by atoms with van der Waals surface area (Å²) in [4.78, 5) is 16.0. The van der Waals surface area contributed by atoms with E-state index in [1.807, 2.05) is 30.3 Å². The van der Waals surface area contributed by atoms with Gasteiger partial charge in [0, 0.05) is 12.0 Å². The highest BCUT2D eigenvalue weighted by molar-refractivity contribution is 7.91. The van der Waals surface area contributed by atoms with Crippen molar-refractivity contribution in [2.75, 3.05) is 7.11 Å². The Hall–Kier alpha value is -3.61. The standard InChI is InChI=1S/C22H21N5O5S2/c1-32-18-9-7-15(8-10-18)11-19(22(28)29)27-14-17(25-26-27)12-24-34(30,31)20-13-23-21(33-20)16-5-3-2-4-6-16/h2-10,13-14,19,24H,11-12H2,1H3,(H,28,29)/t19-/m0/s1. The number of ether oxygens (including phenoxy) is 1. The third kappa shape index (κ3) is 5.47. The number of rotatable bonds is 10. The first-order valence-corrected chi connectivity index (χ1v) is 12.4. The molecule has 0 amide bonds. The molecule has 176 valence electrons. The molecule has 0 fully saturated rings. The van der Waals surface area contributed by atoms with Crippen LogP contribution in [0.25, 0.3) is 10.6 Å². The lowest BCUT2D eigenvalue weighted by atomic mass is 10.1. The van der Waals surface area contributed by atoms with Gasteiger partial charge in [-0.25, -0.2) is 27.6 Å². The Morgan fingerprint density at radius 3 is 2.59 bits per heavy atom. The van der Waals surface area contributed by atoms with Crippen molar-refractivity contribution in [2.45, 2.75) is 23.2 Å². The lowest BCUT2D eigenvalue weighted by molar-refractivity contribution is -0.141. The minimum Gasteiger partial charge on any atom is -0.497 e. The molecule has 0 aliphatic carbocycles. The molecule has 2 aromatic carbocycles. The van der Waals surface area contributed by atoms with Gasteiger partial charge in [0.15, 0.2) is 10.3 Å². The van der Waals surface area contributed by atoms with Gasteiger partial charge >= 0.3 is 5.97 Å². The van der Waals surface area contributed by atoms with E-state index in [2.05, 4.69) is 20.0 Å². The summed E-state index contributed by atoms with van der Waals surface area (Å²) in [7, 11) is -2.27. The second-order valence-electron chi connectivity index (χ2n) is 7.27. The molecule has 34 heavy (non-hydrogen) atoms. The fourth-order valence-electron chi connectivity index (χ4n) is 3.16. The fraction of sp³-hybridized carbons (Fsp3) is 0.182. The minimum atomic E-state index is -3.83. The van der Waals surface area contributed by atoms with Crippen LogP contribution in [0.4, 0.5) is 0 Å². The summed E-state index contributed by atoms with van der Waals surface area (Å²) < 4.78 is 34.3. The van der Waals surface area contributed by atoms with E-state index < -0.39 is 22.0 Å². The summed E-state index contributed by atoms with van der Waals surface area (Å²) in [5.41, 5.74) is 1.90. The first kappa shape index (κ1) is 23.5. The first-order valence-electron chi connectivity index (χ1n) is 10.1. The zero-order valence-corrected chi connectivity index (χ0v) is 19.7. The van der Waals surface area contributed by atoms with Crippen LogP contribution >= 0.6 is 11.3 Å². The lowest BCUT2D eigenvalue weighted by Gasteiger charge is -2.12. The monoisotopic (exact) mass is 499 g/mol. The van der Waals surface area contributed by atoms with Crippen LogP contribution in [0.15, 0.2) is 71.2 Å². The molecule has 0 unspecified atom stereocenters. The molecule has 0 bridgehead atoms. The molecule has 0 radical (unpaired) electrons. The first-order chi connectivity index (χ1) is 16.4. The predicted molar refractivity (Wildman–Crippen MR) is 125 cm³/mol. The number of aliphatic carboxylic acids is 1. The van der Waals surface area contributed by atoms with E-state index in [1.54, 1.807) is 31.4 Å². The normalized spacial score (nSPS) is 12.4. The van der Waals surface area contributed by atoms with Crippen molar-refractivity contribution in [3.8, 4) is 16.3 Å². The number of aromatic nitrogens is 4. The van der Waals surface area contributed by atoms with Gasteiger partial charge in [-0.15, -0.1) is 16.4 Å². The van der Waals surface area contributed by atoms with Gasteiger partial charge in [-0.1, -0.05) is 47.7 Å². The van der Waals surface area contributed by atoms with Crippen molar-refractivity contribution in [3.63, 3.8) is 0 Å². The van der Waals surface area contributed by atoms with Crippen LogP contribution in [-0.4, -0.2) is 46.6 Å². The smallest absolute Gasteiger partial charge is 0.328 e. The molecule has 0 aliphatic heterocycles. The third-order valence-electron chi connectivity index (χ3n) is 4.96. The molecule has 0 saturated heterocycles. The van der Waals surface area contributed by atoms with Crippen LogP contribution in [0.5, 0.6) is 5.75 Å². The van der Waals surface area contributed by atoms with E-state index in [1.165, 1.54) is 17.1 Å². The van der Waals surface area contributed by atoms with Crippen molar-refractivity contribution in [2.24, 2.45) is 0 Å². The Morgan fingerprint density at radius 1 is 1.18 bits per heavy atom. The molecular weight excluding hydrogens is 478 g/mol. The Kier molecular flexibility index (Phi) is 7.01. The van der Waals surface area contributed by atoms with Gasteiger partial charge in [-0.05, 0) is 17.7 Å². The summed E-state index contributed by atoms with van der Waals surface area (Å²) in [6.45, 7) is -0.143. The average molecular weight is 500 g/mol. The number of benzene rings is 2. The Balaban J connectivity index is 1.43. The number of sulfonamides is 1. The highest BCUT2D eigenvalue weighted by Gasteiger charge is 2.23. The zero-order chi connectivity index (χ0) is 24.1. The van der Waals surface area contributed by atoms with Gasteiger partial charge in [0.05, 0.1) is 31.7 Å². The van der Waals surface area contributed by atoms with E-state index in [4.69, 9.17) is 4.74 Å². The summed E-state index contributed by atoms with van der Waals surface area (Å²) in [5, 5.41) is 18.1. The number of hydrogen-bond acceptors (Lipinski definition) is 8. The number of carboxylic acid groups (broad SMARTS) is 1. The predicted octanol–water partition coefficient (Wildman–Crippen LogP) is 2.76. The molecule has 0 saturated carbocycles. The van der Waals surface area contributed by atoms with E-state index >= 15 is 0 Å². The van der Waals surface area contributed by atoms with Gasteiger partial charge < -0.3 is 9.84 Å². The second-order valence-corrected chi connectivity index (χ2v) is 10.3. The fourth-order valence-corrected chi connectivity index (χ4v) is 5.34. The van der Waals surface area contributed by atoms with Crippen LogP contribution in [0.3, 0.4) is 0 Å². The van der Waals surface area contributed by atoms with Gasteiger partial charge in [-0.3, -0.25) is 0 Å². The van der Waals surface area contributed by atoms with Crippen LogP contribution < -0.4 is 9.46 Å². The molecule has 12 heteroatoms. The average Bonchev–Trinajstić information content (AvgIpc) is 3.53. The SMILES string of the molecule is COc1ccc(C[C@@H](C(=O)O)n2cc(CNS(=O)(=O)c3cnc(-c4ccccc4)s3)nn2)cc1. The largest absolute Gasteiger partial charge is 0.497 e. The third-order valence-corrected chi connectivity index (χ3v) is 7.87. The van der Waals surface area contributed by atoms with Gasteiger partial charge in [-0.2, -0.15) is 0 Å². The van der Waals surface area contributed by atoms with Gasteiger partial charge in [0.1, 0.15) is 10.8 Å². The Morgan fingerprint density at radius 2 is 1.91 bits per heavy atom. The van der Waals surface area contributed by atoms with Crippen molar-refractivity contribution in [1.82, 2.24) is 24.7 Å². The van der Waals surface area contributed by atoms with E-state index in [9.17, 15) is 18.3 Å². The molecule has 0 aliphatic rings. The van der Waals surface area contributed by atoms with Gasteiger partial charge in [0.25, 0.3) is 10.0 Å². The summed E-state index contributed by atoms with van der Waals surface area (Å²) in [5.74, 6) is -0.409. The highest BCUT2D eigenvalue weighted by atomic mass is 32.2. The lowest BCUT2D eigenvalue weighted by Crippen LogP contribution is -2.23. The maximum atomic E-state index is 12.7. The molecule has 2 heterocycles. The van der Waals surface area contributed by atoms with Crippen molar-refractivity contribution in [1.29, 1.82) is 0 Å². The van der Waals surface area contributed by atoms with E-state index in [0.717, 1.165) is 22.5 Å². The summed E-state index contributed by atoms with van der Waals surface area (Å²) in [6, 6.07) is 15.3. The number of hydrogen-bond donors (Lipinski definition) is 2. The van der Waals surface area contributed by atoms with Crippen molar-refractivity contribution in [3.05, 3.63) is 78.2 Å². The molecule has 1 atom stereocenters. The van der Waals surface area contributed by atoms with Crippen molar-refractivity contribution < 1.29 is 23.1 Å². The number of thiazole rings is 1. The molecule has 4 aromatic rings. The molecule has 4 rings (SSSR count). The van der Waals surface area contributed by atoms with Crippen LogP contribution in [-0.2, 0) is 27.8 Å². The van der Waals surface area contributed by atoms with Crippen LogP contribution in [0.1, 0.15) is 17.3 Å². The number of nitrogens with one attached hydrogen (secondary N) is 1. The van der Waals surface area contributed by atoms with E-state index in [-0.39, 0.29) is 22.9 Å². The summed E-state index contributed by atoms with van der Waals surface area (Å²) >= 11 is 1.06. The molecular formula is C22H21N5O5S2. The van der Waals surface area contributed by atoms with Crippen LogP contribution in [0.2, 0.25) is 0 Å². The molecule has 10 nitrogen and oxygen atoms in total. The number of methoxy groups -OCH3 is 1. The second kappa shape index (κ2) is 10.1. The molecule has 2 aromatic heterocycles. The number of carboxylic acids is 1. The van der Waals surface area contributed by atoms with Crippen LogP contribution in [0, 0.1) is 0 Å². The maximum Gasteiger partial charge on any atom is 0.328 e. The number of carbonyl (C=O) groups is 1. The topological polar surface area (TPSA) is 136 Å². The summed E-state index contributed by atoms with van der Waals surface area (Å²) in [6.07, 6.45) is 2.91. The van der Waals surface area contributed by atoms with Gasteiger partial charge in [0.2, 0.25) is 0 Å². The highest BCUT2D eigenvalue weighted by Crippen LogP contribution is 2.27. The molecule has 0 spiro atoms. The number of nitrogens with zero attached hydrogens (tertiary/aromatic N) is 4.